The van der Waals surface area contributed by atoms with Crippen molar-refractivity contribution in [2.45, 2.75) is 58.5 Å². The van der Waals surface area contributed by atoms with E-state index in [1.54, 1.807) is 29.7 Å². The number of ether oxygens (including phenoxy) is 1. The Bertz CT molecular complexity index is 1080. The van der Waals surface area contributed by atoms with Crippen LogP contribution in [0.15, 0.2) is 23.0 Å². The maximum atomic E-state index is 12.5. The zero-order chi connectivity index (χ0) is 21.7. The molecule has 0 spiro atoms. The fourth-order valence-corrected chi connectivity index (χ4v) is 6.42. The van der Waals surface area contributed by atoms with Crippen molar-refractivity contribution in [2.75, 3.05) is 6.61 Å². The first kappa shape index (κ1) is 20.2. The zero-order valence-corrected chi connectivity index (χ0v) is 18.1. The Morgan fingerprint density at radius 3 is 2.45 bits per heavy atom. The first-order valence-electron chi connectivity index (χ1n) is 11.4. The molecule has 164 valence electrons. The van der Waals surface area contributed by atoms with Gasteiger partial charge in [-0.2, -0.15) is 0 Å². The third-order valence-electron chi connectivity index (χ3n) is 7.55. The average molecular weight is 424 g/mol. The van der Waals surface area contributed by atoms with Crippen LogP contribution in [-0.2, 0) is 16.1 Å². The number of carbonyl (C=O) groups is 2. The topological polar surface area (TPSA) is 90.3 Å². The van der Waals surface area contributed by atoms with Gasteiger partial charge in [0.2, 0.25) is 0 Å². The smallest absolute Gasteiger partial charge is 0.338 e. The van der Waals surface area contributed by atoms with E-state index in [4.69, 9.17) is 4.74 Å². The Balaban J connectivity index is 1.23. The normalized spacial score (nSPS) is 28.6. The van der Waals surface area contributed by atoms with Crippen molar-refractivity contribution < 1.29 is 14.3 Å². The highest BCUT2D eigenvalue weighted by Crippen LogP contribution is 2.53. The van der Waals surface area contributed by atoms with Crippen LogP contribution in [-0.4, -0.2) is 34.1 Å². The number of rotatable bonds is 5. The number of nitrogens with zero attached hydrogens (tertiary/aromatic N) is 2. The highest BCUT2D eigenvalue weighted by atomic mass is 16.5. The molecule has 1 aromatic carbocycles. The van der Waals surface area contributed by atoms with Crippen LogP contribution in [0.2, 0.25) is 0 Å². The van der Waals surface area contributed by atoms with Crippen molar-refractivity contribution in [2.24, 2.45) is 23.7 Å². The molecule has 7 heteroatoms. The first-order valence-corrected chi connectivity index (χ1v) is 11.4. The van der Waals surface area contributed by atoms with Crippen molar-refractivity contribution >= 4 is 22.9 Å². The van der Waals surface area contributed by atoms with Gasteiger partial charge in [0.1, 0.15) is 5.69 Å². The minimum Gasteiger partial charge on any atom is -0.452 e. The number of nitrogens with one attached hydrogen (secondary N) is 1. The summed E-state index contributed by atoms with van der Waals surface area (Å²) < 4.78 is 6.93. The number of esters is 1. The molecule has 1 amide bonds. The summed E-state index contributed by atoms with van der Waals surface area (Å²) in [5, 5.41) is 3.16. The lowest BCUT2D eigenvalue weighted by molar-refractivity contribution is -0.128. The Labute approximate surface area is 181 Å². The summed E-state index contributed by atoms with van der Waals surface area (Å²) in [5.41, 5.74) is 1.81. The zero-order valence-electron chi connectivity index (χ0n) is 18.1. The maximum Gasteiger partial charge on any atom is 0.338 e. The summed E-state index contributed by atoms with van der Waals surface area (Å²) in [6.07, 6.45) is 6.28. The summed E-state index contributed by atoms with van der Waals surface area (Å²) in [6.45, 7) is 3.80. The molecule has 4 bridgehead atoms. The van der Waals surface area contributed by atoms with Crippen LogP contribution >= 0.6 is 0 Å². The fourth-order valence-electron chi connectivity index (χ4n) is 6.42. The number of hydrogen-bond acceptors (Lipinski definition) is 5. The van der Waals surface area contributed by atoms with Crippen molar-refractivity contribution in [3.63, 3.8) is 0 Å². The molecule has 0 atom stereocenters. The quantitative estimate of drug-likeness (QED) is 0.747. The van der Waals surface area contributed by atoms with Crippen LogP contribution in [0.25, 0.3) is 11.0 Å². The second-order valence-corrected chi connectivity index (χ2v) is 9.55. The number of benzene rings is 1. The first-order chi connectivity index (χ1) is 14.9. The van der Waals surface area contributed by atoms with Crippen LogP contribution in [0.5, 0.6) is 0 Å². The molecule has 0 saturated heterocycles. The van der Waals surface area contributed by atoms with Gasteiger partial charge >= 0.3 is 5.97 Å². The molecule has 31 heavy (non-hydrogen) atoms. The summed E-state index contributed by atoms with van der Waals surface area (Å²) in [5.74, 6) is 2.09. The third-order valence-corrected chi connectivity index (χ3v) is 7.55. The Morgan fingerprint density at radius 1 is 1.13 bits per heavy atom. The molecule has 0 radical (unpaired) electrons. The number of fused-ring (bicyclic) bond motifs is 1. The van der Waals surface area contributed by atoms with Gasteiger partial charge in [-0.3, -0.25) is 9.59 Å². The van der Waals surface area contributed by atoms with E-state index < -0.39 is 5.97 Å². The second kappa shape index (κ2) is 7.77. The third kappa shape index (κ3) is 3.64. The molecule has 1 N–H and O–H groups in total. The van der Waals surface area contributed by atoms with Gasteiger partial charge in [0, 0.05) is 12.6 Å². The van der Waals surface area contributed by atoms with Gasteiger partial charge in [-0.05, 0) is 87.8 Å². The lowest BCUT2D eigenvalue weighted by Crippen LogP contribution is -2.56. The van der Waals surface area contributed by atoms with E-state index in [0.29, 0.717) is 40.7 Å². The monoisotopic (exact) mass is 423 g/mol. The van der Waals surface area contributed by atoms with Gasteiger partial charge in [-0.25, -0.2) is 9.78 Å². The van der Waals surface area contributed by atoms with E-state index in [1.165, 1.54) is 32.1 Å². The van der Waals surface area contributed by atoms with E-state index in [-0.39, 0.29) is 24.1 Å². The summed E-state index contributed by atoms with van der Waals surface area (Å²) >= 11 is 0. The van der Waals surface area contributed by atoms with E-state index in [9.17, 15) is 14.4 Å². The molecule has 1 heterocycles. The molecule has 0 unspecified atom stereocenters. The highest BCUT2D eigenvalue weighted by molar-refractivity contribution is 5.94. The lowest BCUT2D eigenvalue weighted by atomic mass is 9.54. The Hall–Kier alpha value is -2.70. The van der Waals surface area contributed by atoms with Gasteiger partial charge in [0.25, 0.3) is 11.5 Å². The van der Waals surface area contributed by atoms with Crippen molar-refractivity contribution in [3.8, 4) is 0 Å². The van der Waals surface area contributed by atoms with Gasteiger partial charge < -0.3 is 14.6 Å². The van der Waals surface area contributed by atoms with E-state index >= 15 is 0 Å². The van der Waals surface area contributed by atoms with Crippen LogP contribution in [0.3, 0.4) is 0 Å². The summed E-state index contributed by atoms with van der Waals surface area (Å²) in [6, 6.07) is 5.17. The van der Waals surface area contributed by atoms with E-state index in [1.807, 2.05) is 6.92 Å². The number of carbonyl (C=O) groups excluding carboxylic acids is 2. The molecular formula is C24H29N3O4. The minimum absolute atomic E-state index is 0.133. The second-order valence-electron chi connectivity index (χ2n) is 9.55. The molecular weight excluding hydrogens is 394 g/mol. The van der Waals surface area contributed by atoms with Crippen LogP contribution in [0.4, 0.5) is 0 Å². The van der Waals surface area contributed by atoms with Crippen molar-refractivity contribution in [1.29, 1.82) is 0 Å². The highest BCUT2D eigenvalue weighted by Gasteiger charge is 2.48. The molecule has 4 fully saturated rings. The molecule has 1 aromatic heterocycles. The molecule has 4 saturated carbocycles. The minimum atomic E-state index is -0.559. The molecule has 7 nitrogen and oxygen atoms in total. The van der Waals surface area contributed by atoms with Crippen LogP contribution in [0.1, 0.15) is 55.1 Å². The fraction of sp³-hybridized carbons (Fsp3) is 0.583. The predicted octanol–water partition coefficient (Wildman–Crippen LogP) is 2.82. The van der Waals surface area contributed by atoms with Crippen LogP contribution in [0, 0.1) is 30.6 Å². The molecule has 4 aliphatic rings. The molecule has 4 aliphatic carbocycles. The number of aromatic nitrogens is 2. The van der Waals surface area contributed by atoms with E-state index in [2.05, 4.69) is 10.3 Å². The summed E-state index contributed by atoms with van der Waals surface area (Å²) in [7, 11) is 0. The molecule has 6 rings (SSSR count). The van der Waals surface area contributed by atoms with Gasteiger partial charge in [0.15, 0.2) is 6.61 Å². The number of hydrogen-bond donors (Lipinski definition) is 1. The molecule has 0 aliphatic heterocycles. The number of aryl methyl sites for hydroxylation is 2. The van der Waals surface area contributed by atoms with Crippen molar-refractivity contribution in [1.82, 2.24) is 14.9 Å². The largest absolute Gasteiger partial charge is 0.452 e. The Kier molecular flexibility index (Phi) is 5.07. The van der Waals surface area contributed by atoms with Crippen molar-refractivity contribution in [3.05, 3.63) is 39.8 Å². The predicted molar refractivity (Wildman–Crippen MR) is 116 cm³/mol. The average Bonchev–Trinajstić information content (AvgIpc) is 2.74. The Morgan fingerprint density at radius 2 is 1.81 bits per heavy atom. The van der Waals surface area contributed by atoms with Gasteiger partial charge in [-0.1, -0.05) is 0 Å². The molecule has 2 aromatic rings. The van der Waals surface area contributed by atoms with Gasteiger partial charge in [-0.15, -0.1) is 0 Å². The standard InChI is InChI=1S/C24H29N3O4/c1-3-27-20-5-4-16(11-19(20)25-13(2)23(27)29)24(30)31-12-21(28)26-22-17-7-14-6-15(9-17)10-18(22)8-14/h4-5,11,14-15,17-18,22H,3,6-10,12H2,1-2H3,(H,26,28). The number of amides is 1. The lowest BCUT2D eigenvalue weighted by Gasteiger charge is -2.54. The van der Waals surface area contributed by atoms with E-state index in [0.717, 1.165) is 11.8 Å². The van der Waals surface area contributed by atoms with Gasteiger partial charge in [0.05, 0.1) is 16.6 Å². The van der Waals surface area contributed by atoms with Crippen LogP contribution < -0.4 is 10.9 Å². The maximum absolute atomic E-state index is 12.5. The SMILES string of the molecule is CCn1c(=O)c(C)nc2cc(C(=O)OCC(=O)NC3C4CC5CC(C4)CC3C5)ccc21. The summed E-state index contributed by atoms with van der Waals surface area (Å²) in [4.78, 5) is 41.6.